The molecule has 0 saturated carbocycles. The number of hydrogen-bond donors (Lipinski definition) is 0. The van der Waals surface area contributed by atoms with E-state index in [4.69, 9.17) is 0 Å². The highest BCUT2D eigenvalue weighted by Gasteiger charge is 2.35. The average Bonchev–Trinajstić information content (AvgIpc) is 3.15. The number of carbonyl (C=O) groups excluding carboxylic acids is 2. The van der Waals surface area contributed by atoms with Gasteiger partial charge in [0.2, 0.25) is 11.8 Å². The van der Waals surface area contributed by atoms with Crippen LogP contribution in [0.1, 0.15) is 56.2 Å². The Balaban J connectivity index is 1.88. The predicted molar refractivity (Wildman–Crippen MR) is 114 cm³/mol. The van der Waals surface area contributed by atoms with Gasteiger partial charge in [0.1, 0.15) is 0 Å². The molecule has 1 aromatic heterocycles. The largest absolute Gasteiger partial charge is 0.333 e. The molecule has 1 aliphatic heterocycles. The van der Waals surface area contributed by atoms with Crippen LogP contribution in [0.3, 0.4) is 0 Å². The summed E-state index contributed by atoms with van der Waals surface area (Å²) in [7, 11) is 0. The Morgan fingerprint density at radius 1 is 1.18 bits per heavy atom. The summed E-state index contributed by atoms with van der Waals surface area (Å²) < 4.78 is 0. The number of rotatable bonds is 5. The molecule has 1 aliphatic rings. The third-order valence-corrected chi connectivity index (χ3v) is 6.15. The lowest BCUT2D eigenvalue weighted by Gasteiger charge is -2.38. The SMILES string of the molecule is CCCN(CC(=O)N1CCc2sccc2C1c1ccccc1)C(=O)C(C)(C)C. The van der Waals surface area contributed by atoms with Crippen molar-refractivity contribution in [2.75, 3.05) is 19.6 Å². The van der Waals surface area contributed by atoms with Crippen molar-refractivity contribution in [3.05, 3.63) is 57.8 Å². The van der Waals surface area contributed by atoms with Crippen LogP contribution in [-0.2, 0) is 16.0 Å². The van der Waals surface area contributed by atoms with Crippen molar-refractivity contribution >= 4 is 23.2 Å². The fourth-order valence-electron chi connectivity index (χ4n) is 3.83. The van der Waals surface area contributed by atoms with Crippen molar-refractivity contribution in [3.8, 4) is 0 Å². The Bertz CT molecular complexity index is 823. The molecule has 4 nitrogen and oxygen atoms in total. The molecule has 0 fully saturated rings. The second-order valence-electron chi connectivity index (χ2n) is 8.43. The standard InChI is InChI=1S/C23H30N2O2S/c1-5-13-24(22(27)23(2,3)4)16-20(26)25-14-11-19-18(12-15-28-19)21(25)17-9-7-6-8-10-17/h6-10,12,15,21H,5,11,13-14,16H2,1-4H3. The van der Waals surface area contributed by atoms with Gasteiger partial charge in [0.05, 0.1) is 12.6 Å². The molecule has 28 heavy (non-hydrogen) atoms. The number of benzene rings is 1. The summed E-state index contributed by atoms with van der Waals surface area (Å²) in [6, 6.07) is 12.3. The molecule has 5 heteroatoms. The minimum atomic E-state index is -0.489. The molecular weight excluding hydrogens is 368 g/mol. The van der Waals surface area contributed by atoms with Gasteiger partial charge in [0.25, 0.3) is 0 Å². The minimum absolute atomic E-state index is 0.0248. The first-order chi connectivity index (χ1) is 13.3. The highest BCUT2D eigenvalue weighted by Crippen LogP contribution is 2.37. The monoisotopic (exact) mass is 398 g/mol. The van der Waals surface area contributed by atoms with E-state index in [1.54, 1.807) is 16.2 Å². The molecule has 2 amide bonds. The summed E-state index contributed by atoms with van der Waals surface area (Å²) in [6.45, 7) is 9.21. The summed E-state index contributed by atoms with van der Waals surface area (Å²) in [5.41, 5.74) is 1.86. The van der Waals surface area contributed by atoms with Crippen LogP contribution in [0.2, 0.25) is 0 Å². The lowest BCUT2D eigenvalue weighted by Crippen LogP contribution is -2.49. The normalized spacial score (nSPS) is 16.6. The van der Waals surface area contributed by atoms with Crippen LogP contribution < -0.4 is 0 Å². The summed E-state index contributed by atoms with van der Waals surface area (Å²) in [5.74, 6) is 0.0592. The predicted octanol–water partition coefficient (Wildman–Crippen LogP) is 4.51. The van der Waals surface area contributed by atoms with Crippen molar-refractivity contribution in [1.82, 2.24) is 9.80 Å². The van der Waals surface area contributed by atoms with E-state index in [-0.39, 0.29) is 24.4 Å². The highest BCUT2D eigenvalue weighted by atomic mass is 32.1. The van der Waals surface area contributed by atoms with Crippen molar-refractivity contribution in [1.29, 1.82) is 0 Å². The first-order valence-corrected chi connectivity index (χ1v) is 10.9. The topological polar surface area (TPSA) is 40.6 Å². The second-order valence-corrected chi connectivity index (χ2v) is 9.43. The van der Waals surface area contributed by atoms with Crippen LogP contribution in [-0.4, -0.2) is 41.2 Å². The van der Waals surface area contributed by atoms with Crippen LogP contribution in [0, 0.1) is 5.41 Å². The van der Waals surface area contributed by atoms with E-state index in [1.165, 1.54) is 10.4 Å². The summed E-state index contributed by atoms with van der Waals surface area (Å²) in [6.07, 6.45) is 1.72. The average molecular weight is 399 g/mol. The van der Waals surface area contributed by atoms with Gasteiger partial charge in [-0.15, -0.1) is 11.3 Å². The van der Waals surface area contributed by atoms with Crippen molar-refractivity contribution in [2.45, 2.75) is 46.6 Å². The Morgan fingerprint density at radius 2 is 1.89 bits per heavy atom. The van der Waals surface area contributed by atoms with Gasteiger partial charge in [-0.2, -0.15) is 0 Å². The molecule has 2 heterocycles. The van der Waals surface area contributed by atoms with E-state index >= 15 is 0 Å². The van der Waals surface area contributed by atoms with E-state index in [0.717, 1.165) is 18.4 Å². The van der Waals surface area contributed by atoms with Crippen LogP contribution in [0.5, 0.6) is 0 Å². The molecule has 0 saturated heterocycles. The van der Waals surface area contributed by atoms with E-state index in [2.05, 4.69) is 23.6 Å². The van der Waals surface area contributed by atoms with Gasteiger partial charge < -0.3 is 9.80 Å². The van der Waals surface area contributed by atoms with Crippen molar-refractivity contribution in [3.63, 3.8) is 0 Å². The van der Waals surface area contributed by atoms with Gasteiger partial charge >= 0.3 is 0 Å². The van der Waals surface area contributed by atoms with Gasteiger partial charge in [0.15, 0.2) is 0 Å². The quantitative estimate of drug-likeness (QED) is 0.744. The Hall–Kier alpha value is -2.14. The first kappa shape index (κ1) is 20.6. The van der Waals surface area contributed by atoms with Crippen LogP contribution in [0.25, 0.3) is 0 Å². The van der Waals surface area contributed by atoms with Crippen LogP contribution in [0.15, 0.2) is 41.8 Å². The Labute approximate surface area is 172 Å². The zero-order valence-corrected chi connectivity index (χ0v) is 18.1. The van der Waals surface area contributed by atoms with Crippen LogP contribution in [0.4, 0.5) is 0 Å². The molecule has 1 atom stereocenters. The zero-order valence-electron chi connectivity index (χ0n) is 17.3. The maximum atomic E-state index is 13.4. The number of nitrogens with zero attached hydrogens (tertiary/aromatic N) is 2. The lowest BCUT2D eigenvalue weighted by molar-refractivity contribution is -0.146. The Kier molecular flexibility index (Phi) is 6.23. The van der Waals surface area contributed by atoms with Gasteiger partial charge in [-0.05, 0) is 35.4 Å². The molecule has 0 bridgehead atoms. The van der Waals surface area contributed by atoms with Gasteiger partial charge in [0, 0.05) is 23.4 Å². The number of carbonyl (C=O) groups is 2. The first-order valence-electron chi connectivity index (χ1n) is 10.0. The molecular formula is C23H30N2O2S. The maximum Gasteiger partial charge on any atom is 0.242 e. The second kappa shape index (κ2) is 8.48. The molecule has 1 unspecified atom stereocenters. The molecule has 0 spiro atoms. The molecule has 0 radical (unpaired) electrons. The van der Waals surface area contributed by atoms with Crippen LogP contribution >= 0.6 is 11.3 Å². The maximum absolute atomic E-state index is 13.4. The van der Waals surface area contributed by atoms with Gasteiger partial charge in [-0.3, -0.25) is 9.59 Å². The summed E-state index contributed by atoms with van der Waals surface area (Å²) >= 11 is 1.77. The van der Waals surface area contributed by atoms with E-state index < -0.39 is 5.41 Å². The smallest absolute Gasteiger partial charge is 0.242 e. The minimum Gasteiger partial charge on any atom is -0.333 e. The molecule has 1 aromatic carbocycles. The molecule has 3 rings (SSSR count). The molecule has 0 aliphatic carbocycles. The number of hydrogen-bond acceptors (Lipinski definition) is 3. The molecule has 150 valence electrons. The highest BCUT2D eigenvalue weighted by molar-refractivity contribution is 7.10. The zero-order chi connectivity index (χ0) is 20.3. The number of thiophene rings is 1. The van der Waals surface area contributed by atoms with E-state index in [0.29, 0.717) is 13.1 Å². The fraction of sp³-hybridized carbons (Fsp3) is 0.478. The molecule has 0 N–H and O–H groups in total. The van der Waals surface area contributed by atoms with Crippen molar-refractivity contribution in [2.24, 2.45) is 5.41 Å². The lowest BCUT2D eigenvalue weighted by atomic mass is 9.92. The number of amides is 2. The fourth-order valence-corrected chi connectivity index (χ4v) is 4.73. The number of fused-ring (bicyclic) bond motifs is 1. The van der Waals surface area contributed by atoms with E-state index in [1.807, 2.05) is 50.8 Å². The van der Waals surface area contributed by atoms with Gasteiger partial charge in [-0.25, -0.2) is 0 Å². The third kappa shape index (κ3) is 4.30. The van der Waals surface area contributed by atoms with E-state index in [9.17, 15) is 9.59 Å². The van der Waals surface area contributed by atoms with Gasteiger partial charge in [-0.1, -0.05) is 58.0 Å². The summed E-state index contributed by atoms with van der Waals surface area (Å²) in [5, 5.41) is 2.11. The molecule has 2 aromatic rings. The summed E-state index contributed by atoms with van der Waals surface area (Å²) in [4.78, 5) is 31.3. The van der Waals surface area contributed by atoms with Crippen molar-refractivity contribution < 1.29 is 9.59 Å². The third-order valence-electron chi connectivity index (χ3n) is 5.15. The Morgan fingerprint density at radius 3 is 2.54 bits per heavy atom.